The Balaban J connectivity index is 2.76. The molecule has 13 heavy (non-hydrogen) atoms. The first-order valence-electron chi connectivity index (χ1n) is 3.86. The zero-order chi connectivity index (χ0) is 9.42. The molecule has 0 radical (unpaired) electrons. The molecule has 0 amide bonds. The summed E-state index contributed by atoms with van der Waals surface area (Å²) in [6.07, 6.45) is 0. The minimum Gasteiger partial charge on any atom is -0.476 e. The van der Waals surface area contributed by atoms with Crippen LogP contribution in [0.2, 0.25) is 0 Å². The van der Waals surface area contributed by atoms with Gasteiger partial charge in [-0.2, -0.15) is 5.10 Å². The number of H-pyrrole nitrogens is 1. The summed E-state index contributed by atoms with van der Waals surface area (Å²) >= 11 is 0. The Kier molecular flexibility index (Phi) is 1.58. The quantitative estimate of drug-likeness (QED) is 0.573. The first-order chi connectivity index (χ1) is 6.18. The molecule has 0 aliphatic rings. The normalized spacial score (nSPS) is 10.5. The number of hydrogen-bond acceptors (Lipinski definition) is 2. The zero-order valence-electron chi connectivity index (χ0n) is 7.03. The fourth-order valence-corrected chi connectivity index (χ4v) is 1.30. The van der Waals surface area contributed by atoms with Gasteiger partial charge >= 0.3 is 5.97 Å². The van der Waals surface area contributed by atoms with Gasteiger partial charge < -0.3 is 5.11 Å². The molecule has 64 valence electrons. The van der Waals surface area contributed by atoms with Gasteiger partial charge in [0.2, 0.25) is 0 Å². The third-order valence-corrected chi connectivity index (χ3v) is 1.92. The van der Waals surface area contributed by atoms with E-state index in [9.17, 15) is 4.79 Å². The average Bonchev–Trinajstić information content (AvgIpc) is 2.46. The number of nitrogens with one attached hydrogen (secondary N) is 1. The number of carbonyl (C=O) groups is 1. The van der Waals surface area contributed by atoms with Gasteiger partial charge in [-0.25, -0.2) is 4.79 Å². The highest BCUT2D eigenvalue weighted by Gasteiger charge is 2.11. The van der Waals surface area contributed by atoms with Crippen molar-refractivity contribution in [3.05, 3.63) is 23.9 Å². The lowest BCUT2D eigenvalue weighted by Gasteiger charge is -1.92. The van der Waals surface area contributed by atoms with Crippen LogP contribution in [0.3, 0.4) is 0 Å². The molecule has 5 heteroatoms. The molecule has 0 saturated heterocycles. The van der Waals surface area contributed by atoms with E-state index in [0.717, 1.165) is 11.0 Å². The Morgan fingerprint density at radius 1 is 1.54 bits per heavy atom. The number of aromatic carboxylic acids is 1. The Morgan fingerprint density at radius 3 is 3.00 bits per heavy atom. The fraction of sp³-hybridized carbons (Fsp3) is 0. The smallest absolute Gasteiger partial charge is 0.357 e. The van der Waals surface area contributed by atoms with Crippen LogP contribution in [0.25, 0.3) is 10.9 Å². The van der Waals surface area contributed by atoms with Crippen molar-refractivity contribution in [2.75, 3.05) is 0 Å². The molecule has 0 aliphatic carbocycles. The van der Waals surface area contributed by atoms with Crippen LogP contribution in [-0.2, 0) is 0 Å². The third kappa shape index (κ3) is 1.18. The topological polar surface area (TPSA) is 66.0 Å². The molecule has 1 heterocycles. The molecular formula is C8H7BN2O2. The van der Waals surface area contributed by atoms with Crippen molar-refractivity contribution in [3.63, 3.8) is 0 Å². The van der Waals surface area contributed by atoms with Crippen molar-refractivity contribution < 1.29 is 9.90 Å². The minimum atomic E-state index is -1.00. The molecule has 2 aromatic rings. The second-order valence-electron chi connectivity index (χ2n) is 2.93. The van der Waals surface area contributed by atoms with E-state index >= 15 is 0 Å². The molecule has 0 aliphatic heterocycles. The first kappa shape index (κ1) is 7.85. The lowest BCUT2D eigenvalue weighted by Crippen LogP contribution is -2.00. The van der Waals surface area contributed by atoms with Gasteiger partial charge in [0.25, 0.3) is 0 Å². The van der Waals surface area contributed by atoms with Gasteiger partial charge in [0.15, 0.2) is 5.69 Å². The highest BCUT2D eigenvalue weighted by molar-refractivity contribution is 6.33. The van der Waals surface area contributed by atoms with Crippen LogP contribution in [-0.4, -0.2) is 29.1 Å². The molecule has 0 bridgehead atoms. The van der Waals surface area contributed by atoms with E-state index in [1.165, 1.54) is 0 Å². The van der Waals surface area contributed by atoms with Crippen LogP contribution in [0.15, 0.2) is 18.2 Å². The fourth-order valence-electron chi connectivity index (χ4n) is 1.30. The van der Waals surface area contributed by atoms with E-state index in [2.05, 4.69) is 10.2 Å². The molecule has 4 nitrogen and oxygen atoms in total. The largest absolute Gasteiger partial charge is 0.476 e. The summed E-state index contributed by atoms with van der Waals surface area (Å²) in [5, 5.41) is 15.8. The van der Waals surface area contributed by atoms with Gasteiger partial charge in [-0.15, -0.1) is 0 Å². The Hall–Kier alpha value is -1.78. The number of aromatic nitrogens is 2. The number of carboxylic acids is 1. The monoisotopic (exact) mass is 174 g/mol. The van der Waals surface area contributed by atoms with Crippen molar-refractivity contribution in [2.24, 2.45) is 0 Å². The molecule has 2 N–H and O–H groups in total. The lowest BCUT2D eigenvalue weighted by molar-refractivity contribution is 0.0692. The SMILES string of the molecule is Bc1ccc2c(C(=O)O)n[nH]c2c1. The highest BCUT2D eigenvalue weighted by atomic mass is 16.4. The zero-order valence-corrected chi connectivity index (χ0v) is 7.03. The molecule has 0 spiro atoms. The molecule has 0 atom stereocenters. The predicted molar refractivity (Wildman–Crippen MR) is 51.2 cm³/mol. The van der Waals surface area contributed by atoms with Crippen LogP contribution in [0, 0.1) is 0 Å². The van der Waals surface area contributed by atoms with Crippen LogP contribution < -0.4 is 5.46 Å². The summed E-state index contributed by atoms with van der Waals surface area (Å²) in [6.45, 7) is 0. The summed E-state index contributed by atoms with van der Waals surface area (Å²) in [5.74, 6) is -1.00. The molecule has 0 unspecified atom stereocenters. The molecule has 2 rings (SSSR count). The van der Waals surface area contributed by atoms with Crippen molar-refractivity contribution in [2.45, 2.75) is 0 Å². The van der Waals surface area contributed by atoms with E-state index in [-0.39, 0.29) is 5.69 Å². The van der Waals surface area contributed by atoms with E-state index in [0.29, 0.717) is 5.39 Å². The summed E-state index contributed by atoms with van der Waals surface area (Å²) in [5.41, 5.74) is 1.92. The van der Waals surface area contributed by atoms with Crippen molar-refractivity contribution >= 4 is 30.2 Å². The molecule has 1 aromatic heterocycles. The van der Waals surface area contributed by atoms with E-state index < -0.39 is 5.97 Å². The van der Waals surface area contributed by atoms with Gasteiger partial charge in [0.1, 0.15) is 7.85 Å². The summed E-state index contributed by atoms with van der Waals surface area (Å²) < 4.78 is 0. The summed E-state index contributed by atoms with van der Waals surface area (Å²) in [6, 6.07) is 5.50. The maximum Gasteiger partial charge on any atom is 0.357 e. The third-order valence-electron chi connectivity index (χ3n) is 1.92. The van der Waals surface area contributed by atoms with Crippen molar-refractivity contribution in [1.82, 2.24) is 10.2 Å². The van der Waals surface area contributed by atoms with Gasteiger partial charge in [0.05, 0.1) is 5.52 Å². The average molecular weight is 174 g/mol. The highest BCUT2D eigenvalue weighted by Crippen LogP contribution is 2.13. The van der Waals surface area contributed by atoms with Gasteiger partial charge in [-0.1, -0.05) is 17.6 Å². The van der Waals surface area contributed by atoms with Crippen molar-refractivity contribution in [1.29, 1.82) is 0 Å². The van der Waals surface area contributed by atoms with E-state index in [1.807, 2.05) is 20.0 Å². The summed E-state index contributed by atoms with van der Waals surface area (Å²) in [7, 11) is 1.95. The Morgan fingerprint density at radius 2 is 2.31 bits per heavy atom. The second kappa shape index (κ2) is 2.62. The molecule has 0 fully saturated rings. The summed E-state index contributed by atoms with van der Waals surface area (Å²) in [4.78, 5) is 10.7. The Labute approximate surface area is 75.0 Å². The number of nitrogens with zero attached hydrogens (tertiary/aromatic N) is 1. The number of aromatic amines is 1. The van der Waals surface area contributed by atoms with E-state index in [4.69, 9.17) is 5.11 Å². The van der Waals surface area contributed by atoms with E-state index in [1.54, 1.807) is 6.07 Å². The lowest BCUT2D eigenvalue weighted by atomic mass is 9.95. The van der Waals surface area contributed by atoms with Crippen LogP contribution in [0.1, 0.15) is 10.5 Å². The van der Waals surface area contributed by atoms with Crippen molar-refractivity contribution in [3.8, 4) is 0 Å². The number of fused-ring (bicyclic) bond motifs is 1. The van der Waals surface area contributed by atoms with Gasteiger partial charge in [0, 0.05) is 5.39 Å². The second-order valence-corrected chi connectivity index (χ2v) is 2.93. The first-order valence-corrected chi connectivity index (χ1v) is 3.86. The van der Waals surface area contributed by atoms with Gasteiger partial charge in [-0.3, -0.25) is 5.10 Å². The van der Waals surface area contributed by atoms with Crippen LogP contribution in [0.5, 0.6) is 0 Å². The number of carboxylic acid groups (broad SMARTS) is 1. The molecule has 0 saturated carbocycles. The maximum absolute atomic E-state index is 10.7. The number of benzene rings is 1. The molecule has 1 aromatic carbocycles. The van der Waals surface area contributed by atoms with Crippen LogP contribution >= 0.6 is 0 Å². The standard InChI is InChI=1S/C8H7BN2O2/c9-4-1-2-5-6(3-4)10-11-7(5)8(12)13/h1-3H,9H2,(H,10,11)(H,12,13). The van der Waals surface area contributed by atoms with Crippen LogP contribution in [0.4, 0.5) is 0 Å². The Bertz CT molecular complexity index is 478. The molecular weight excluding hydrogens is 167 g/mol. The number of hydrogen-bond donors (Lipinski definition) is 2. The number of rotatable bonds is 1. The predicted octanol–water partition coefficient (Wildman–Crippen LogP) is -0.481. The van der Waals surface area contributed by atoms with Gasteiger partial charge in [-0.05, 0) is 6.07 Å². The minimum absolute atomic E-state index is 0.0787. The maximum atomic E-state index is 10.7.